The van der Waals surface area contributed by atoms with Crippen LogP contribution in [0, 0.1) is 5.92 Å². The Morgan fingerprint density at radius 3 is 2.36 bits per heavy atom. The first-order chi connectivity index (χ1) is 13.3. The molecule has 0 aromatic heterocycles. The first kappa shape index (κ1) is 24.7. The van der Waals surface area contributed by atoms with Crippen molar-refractivity contribution < 1.29 is 24.5 Å². The molecule has 0 aliphatic heterocycles. The second kappa shape index (κ2) is 13.8. The lowest BCUT2D eigenvalue weighted by atomic mass is 9.91. The third-order valence-corrected chi connectivity index (χ3v) is 5.21. The number of aliphatic hydroxyl groups is 1. The molecule has 28 heavy (non-hydrogen) atoms. The molecule has 7 heteroatoms. The first-order valence-corrected chi connectivity index (χ1v) is 10.5. The smallest absolute Gasteiger partial charge is 0.303 e. The van der Waals surface area contributed by atoms with Crippen LogP contribution in [0.3, 0.4) is 0 Å². The predicted molar refractivity (Wildman–Crippen MR) is 111 cm³/mol. The molecule has 1 aromatic rings. The molecule has 0 aliphatic carbocycles. The minimum absolute atomic E-state index is 0.00157. The fraction of sp³-hybridized carbons (Fsp3) is 0.619. The van der Waals surface area contributed by atoms with Gasteiger partial charge in [0.2, 0.25) is 0 Å². The van der Waals surface area contributed by atoms with Gasteiger partial charge in [0.25, 0.3) is 0 Å². The fourth-order valence-electron chi connectivity index (χ4n) is 3.03. The highest BCUT2D eigenvalue weighted by Gasteiger charge is 2.15. The van der Waals surface area contributed by atoms with E-state index in [9.17, 15) is 14.7 Å². The molecular weight excluding hydrogens is 403 g/mol. The number of aliphatic carboxylic acids is 1. The molecule has 158 valence electrons. The zero-order valence-electron chi connectivity index (χ0n) is 16.3. The SMILES string of the molecule is CC(=O)C(CCCCCCC(=O)O)CCCC(O)COc1ccc(Cl)cc1Cl. The van der Waals surface area contributed by atoms with Crippen LogP contribution in [0.4, 0.5) is 0 Å². The van der Waals surface area contributed by atoms with E-state index in [4.69, 9.17) is 33.0 Å². The van der Waals surface area contributed by atoms with Gasteiger partial charge in [-0.25, -0.2) is 0 Å². The fourth-order valence-corrected chi connectivity index (χ4v) is 3.50. The Labute approximate surface area is 177 Å². The van der Waals surface area contributed by atoms with Crippen molar-refractivity contribution in [2.75, 3.05) is 6.61 Å². The van der Waals surface area contributed by atoms with Crippen molar-refractivity contribution in [1.29, 1.82) is 0 Å². The molecule has 0 saturated carbocycles. The summed E-state index contributed by atoms with van der Waals surface area (Å²) in [5.41, 5.74) is 0. The molecule has 0 bridgehead atoms. The average molecular weight is 433 g/mol. The van der Waals surface area contributed by atoms with Gasteiger partial charge in [-0.2, -0.15) is 0 Å². The summed E-state index contributed by atoms with van der Waals surface area (Å²) in [6.07, 6.45) is 5.84. The Morgan fingerprint density at radius 1 is 1.04 bits per heavy atom. The van der Waals surface area contributed by atoms with Crippen molar-refractivity contribution in [1.82, 2.24) is 0 Å². The predicted octanol–water partition coefficient (Wildman–Crippen LogP) is 5.53. The number of carboxylic acid groups (broad SMARTS) is 1. The van der Waals surface area contributed by atoms with Crippen LogP contribution >= 0.6 is 23.2 Å². The third kappa shape index (κ3) is 10.9. The zero-order valence-corrected chi connectivity index (χ0v) is 17.8. The molecule has 0 spiro atoms. The highest BCUT2D eigenvalue weighted by atomic mass is 35.5. The molecule has 0 radical (unpaired) electrons. The maximum Gasteiger partial charge on any atom is 0.303 e. The number of hydrogen-bond donors (Lipinski definition) is 2. The summed E-state index contributed by atoms with van der Waals surface area (Å²) in [6, 6.07) is 4.93. The number of unbranched alkanes of at least 4 members (excludes halogenated alkanes) is 3. The van der Waals surface area contributed by atoms with Gasteiger partial charge in [0.05, 0.1) is 11.1 Å². The number of Topliss-reactive ketones (excluding diaryl/α,β-unsaturated/α-hetero) is 1. The van der Waals surface area contributed by atoms with E-state index in [2.05, 4.69) is 0 Å². The first-order valence-electron chi connectivity index (χ1n) is 9.77. The summed E-state index contributed by atoms with van der Waals surface area (Å²) < 4.78 is 5.53. The summed E-state index contributed by atoms with van der Waals surface area (Å²) in [5.74, 6) is -0.111. The van der Waals surface area contributed by atoms with Gasteiger partial charge in [-0.05, 0) is 50.8 Å². The highest BCUT2D eigenvalue weighted by molar-refractivity contribution is 6.35. The zero-order chi connectivity index (χ0) is 20.9. The van der Waals surface area contributed by atoms with Gasteiger partial charge in [0.1, 0.15) is 18.1 Å². The maximum atomic E-state index is 11.8. The van der Waals surface area contributed by atoms with Crippen molar-refractivity contribution in [3.63, 3.8) is 0 Å². The van der Waals surface area contributed by atoms with E-state index in [1.807, 2.05) is 0 Å². The minimum Gasteiger partial charge on any atom is -0.489 e. The lowest BCUT2D eigenvalue weighted by molar-refractivity contribution is -0.137. The monoisotopic (exact) mass is 432 g/mol. The summed E-state index contributed by atoms with van der Waals surface area (Å²) in [5, 5.41) is 19.6. The Balaban J connectivity index is 2.22. The van der Waals surface area contributed by atoms with E-state index < -0.39 is 12.1 Å². The largest absolute Gasteiger partial charge is 0.489 e. The number of hydrogen-bond acceptors (Lipinski definition) is 4. The van der Waals surface area contributed by atoms with Crippen molar-refractivity contribution in [3.05, 3.63) is 28.2 Å². The second-order valence-corrected chi connectivity index (χ2v) is 7.97. The lowest BCUT2D eigenvalue weighted by Crippen LogP contribution is -2.19. The Kier molecular flexibility index (Phi) is 12.2. The lowest BCUT2D eigenvalue weighted by Gasteiger charge is -2.16. The van der Waals surface area contributed by atoms with Crippen LogP contribution in [0.15, 0.2) is 18.2 Å². The van der Waals surface area contributed by atoms with E-state index in [1.165, 1.54) is 0 Å². The summed E-state index contributed by atoms with van der Waals surface area (Å²) in [4.78, 5) is 22.3. The second-order valence-electron chi connectivity index (χ2n) is 7.12. The molecule has 1 aromatic carbocycles. The Hall–Kier alpha value is -1.30. The van der Waals surface area contributed by atoms with Crippen LogP contribution in [0.2, 0.25) is 10.0 Å². The maximum absolute atomic E-state index is 11.8. The average Bonchev–Trinajstić information content (AvgIpc) is 2.61. The normalized spacial score (nSPS) is 13.1. The van der Waals surface area contributed by atoms with Crippen molar-refractivity contribution in [2.45, 2.75) is 70.8 Å². The molecule has 0 amide bonds. The molecule has 0 saturated heterocycles. The Morgan fingerprint density at radius 2 is 1.71 bits per heavy atom. The van der Waals surface area contributed by atoms with Gasteiger partial charge in [-0.1, -0.05) is 48.9 Å². The topological polar surface area (TPSA) is 83.8 Å². The quantitative estimate of drug-likeness (QED) is 0.355. The van der Waals surface area contributed by atoms with Gasteiger partial charge in [0, 0.05) is 17.4 Å². The Bertz CT molecular complexity index is 621. The molecular formula is C21H30Cl2O5. The van der Waals surface area contributed by atoms with Crippen LogP contribution in [0.1, 0.15) is 64.7 Å². The van der Waals surface area contributed by atoms with Crippen LogP contribution in [-0.4, -0.2) is 34.7 Å². The number of carboxylic acids is 1. The van der Waals surface area contributed by atoms with Gasteiger partial charge in [-0.3, -0.25) is 9.59 Å². The highest BCUT2D eigenvalue weighted by Crippen LogP contribution is 2.27. The van der Waals surface area contributed by atoms with E-state index in [0.717, 1.165) is 38.5 Å². The molecule has 1 rings (SSSR count). The number of carbonyl (C=O) groups is 2. The van der Waals surface area contributed by atoms with Gasteiger partial charge in [0.15, 0.2) is 0 Å². The molecule has 5 nitrogen and oxygen atoms in total. The van der Waals surface area contributed by atoms with Gasteiger partial charge in [-0.15, -0.1) is 0 Å². The number of ketones is 1. The van der Waals surface area contributed by atoms with Crippen LogP contribution in [0.25, 0.3) is 0 Å². The van der Waals surface area contributed by atoms with Crippen molar-refractivity contribution >= 4 is 35.0 Å². The summed E-state index contributed by atoms with van der Waals surface area (Å²) in [6.45, 7) is 1.74. The molecule has 2 N–H and O–H groups in total. The third-order valence-electron chi connectivity index (χ3n) is 4.68. The number of halogens is 2. The van der Waals surface area contributed by atoms with E-state index >= 15 is 0 Å². The summed E-state index contributed by atoms with van der Waals surface area (Å²) >= 11 is 11.9. The molecule has 0 aliphatic rings. The molecule has 0 fully saturated rings. The van der Waals surface area contributed by atoms with E-state index in [-0.39, 0.29) is 24.7 Å². The number of rotatable bonds is 15. The van der Waals surface area contributed by atoms with Crippen LogP contribution < -0.4 is 4.74 Å². The number of ether oxygens (including phenoxy) is 1. The standard InChI is InChI=1S/C21H30Cl2O5/c1-15(24)16(7-4-2-3-5-10-21(26)27)8-6-9-18(25)14-28-20-12-11-17(22)13-19(20)23/h11-13,16,18,25H,2-10,14H2,1H3,(H,26,27). The summed E-state index contributed by atoms with van der Waals surface area (Å²) in [7, 11) is 0. The van der Waals surface area contributed by atoms with Crippen LogP contribution in [0.5, 0.6) is 5.75 Å². The van der Waals surface area contributed by atoms with Crippen LogP contribution in [-0.2, 0) is 9.59 Å². The number of aliphatic hydroxyl groups excluding tert-OH is 1. The van der Waals surface area contributed by atoms with E-state index in [0.29, 0.717) is 28.6 Å². The van der Waals surface area contributed by atoms with E-state index in [1.54, 1.807) is 25.1 Å². The molecule has 0 heterocycles. The molecule has 2 unspecified atom stereocenters. The number of benzene rings is 1. The minimum atomic E-state index is -0.762. The van der Waals surface area contributed by atoms with Crippen molar-refractivity contribution in [3.8, 4) is 5.75 Å². The van der Waals surface area contributed by atoms with Gasteiger partial charge >= 0.3 is 5.97 Å². The van der Waals surface area contributed by atoms with Crippen molar-refractivity contribution in [2.24, 2.45) is 5.92 Å². The number of carbonyl (C=O) groups excluding carboxylic acids is 1. The van der Waals surface area contributed by atoms with Gasteiger partial charge < -0.3 is 14.9 Å². The molecule has 2 atom stereocenters.